The predicted octanol–water partition coefficient (Wildman–Crippen LogP) is 0.213. The Morgan fingerprint density at radius 1 is 1.11 bits per heavy atom. The summed E-state index contributed by atoms with van der Waals surface area (Å²) in [7, 11) is 0. The molecule has 8 heteroatoms. The van der Waals surface area contributed by atoms with E-state index in [1.165, 1.54) is 19.1 Å². The Labute approximate surface area is 158 Å². The zero-order valence-corrected chi connectivity index (χ0v) is 15.4. The number of nitrogens with two attached hydrogens (primary N) is 1. The van der Waals surface area contributed by atoms with Crippen molar-refractivity contribution in [3.05, 3.63) is 48.0 Å². The van der Waals surface area contributed by atoms with Gasteiger partial charge < -0.3 is 21.1 Å². The summed E-state index contributed by atoms with van der Waals surface area (Å²) in [6, 6.07) is 7.27. The van der Waals surface area contributed by atoms with Crippen LogP contribution in [0.3, 0.4) is 0 Å². The molecule has 0 aliphatic carbocycles. The summed E-state index contributed by atoms with van der Waals surface area (Å²) >= 11 is 0. The first kappa shape index (κ1) is 21.9. The smallest absolute Gasteiger partial charge is 0.330 e. The number of amides is 3. The molecule has 27 heavy (non-hydrogen) atoms. The fraction of sp³-hybridized carbons (Fsp3) is 0.368. The molecule has 0 saturated heterocycles. The van der Waals surface area contributed by atoms with Gasteiger partial charge in [-0.1, -0.05) is 36.4 Å². The van der Waals surface area contributed by atoms with Gasteiger partial charge in [0.1, 0.15) is 12.1 Å². The van der Waals surface area contributed by atoms with E-state index in [0.717, 1.165) is 5.56 Å². The number of carbonyl (C=O) groups is 4. The van der Waals surface area contributed by atoms with E-state index >= 15 is 0 Å². The lowest BCUT2D eigenvalue weighted by atomic mass is 10.0. The van der Waals surface area contributed by atoms with Gasteiger partial charge in [0.2, 0.25) is 17.7 Å². The number of esters is 1. The van der Waals surface area contributed by atoms with Crippen molar-refractivity contribution in [2.45, 2.75) is 38.8 Å². The third-order valence-corrected chi connectivity index (χ3v) is 3.55. The number of carbonyl (C=O) groups excluding carboxylic acids is 4. The Balaban J connectivity index is 2.77. The summed E-state index contributed by atoms with van der Waals surface area (Å²) in [5.41, 5.74) is 6.17. The lowest BCUT2D eigenvalue weighted by molar-refractivity contribution is -0.137. The molecule has 1 aromatic rings. The molecule has 0 saturated carbocycles. The van der Waals surface area contributed by atoms with Crippen LogP contribution in [0.5, 0.6) is 0 Å². The Kier molecular flexibility index (Phi) is 9.28. The van der Waals surface area contributed by atoms with E-state index in [-0.39, 0.29) is 25.4 Å². The van der Waals surface area contributed by atoms with E-state index in [1.54, 1.807) is 6.92 Å². The average molecular weight is 375 g/mol. The van der Waals surface area contributed by atoms with Crippen molar-refractivity contribution in [1.82, 2.24) is 10.6 Å². The van der Waals surface area contributed by atoms with E-state index < -0.39 is 29.9 Å². The maximum atomic E-state index is 12.5. The van der Waals surface area contributed by atoms with Crippen molar-refractivity contribution in [3.8, 4) is 0 Å². The van der Waals surface area contributed by atoms with E-state index in [9.17, 15) is 19.2 Å². The summed E-state index contributed by atoms with van der Waals surface area (Å²) in [6.07, 6.45) is 2.85. The van der Waals surface area contributed by atoms with Crippen LogP contribution < -0.4 is 16.4 Å². The van der Waals surface area contributed by atoms with Gasteiger partial charge in [0.25, 0.3) is 0 Å². The van der Waals surface area contributed by atoms with Crippen LogP contribution in [-0.2, 0) is 30.3 Å². The first-order valence-electron chi connectivity index (χ1n) is 8.57. The maximum absolute atomic E-state index is 12.5. The molecule has 0 unspecified atom stereocenters. The van der Waals surface area contributed by atoms with Crippen molar-refractivity contribution in [1.29, 1.82) is 0 Å². The lowest BCUT2D eigenvalue weighted by Crippen LogP contribution is -2.53. The minimum Gasteiger partial charge on any atom is -0.463 e. The van der Waals surface area contributed by atoms with Crippen molar-refractivity contribution in [2.24, 2.45) is 5.73 Å². The fourth-order valence-electron chi connectivity index (χ4n) is 2.31. The maximum Gasteiger partial charge on any atom is 0.330 e. The topological polar surface area (TPSA) is 128 Å². The number of ether oxygens (including phenoxy) is 1. The number of primary amides is 1. The van der Waals surface area contributed by atoms with Crippen LogP contribution in [0.2, 0.25) is 0 Å². The van der Waals surface area contributed by atoms with Gasteiger partial charge in [-0.2, -0.15) is 0 Å². The molecule has 0 spiro atoms. The van der Waals surface area contributed by atoms with Gasteiger partial charge >= 0.3 is 5.97 Å². The molecule has 1 rings (SSSR count). The Hall–Kier alpha value is -3.16. The summed E-state index contributed by atoms with van der Waals surface area (Å²) in [5, 5.41) is 5.08. The SMILES string of the molecule is CCOC(=O)/C=C/C[C@@H](NC(=O)[C@@H](Cc1ccccc1)NC(C)=O)C(N)=O. The molecular formula is C19H25N3O5. The molecule has 0 aromatic heterocycles. The average Bonchev–Trinajstić information content (AvgIpc) is 2.60. The molecular weight excluding hydrogens is 350 g/mol. The van der Waals surface area contributed by atoms with Gasteiger partial charge in [0.15, 0.2) is 0 Å². The summed E-state index contributed by atoms with van der Waals surface area (Å²) in [4.78, 5) is 46.9. The van der Waals surface area contributed by atoms with Gasteiger partial charge in [0.05, 0.1) is 6.61 Å². The number of benzene rings is 1. The molecule has 4 N–H and O–H groups in total. The minimum absolute atomic E-state index is 0.0258. The zero-order valence-electron chi connectivity index (χ0n) is 15.4. The molecule has 0 aliphatic rings. The van der Waals surface area contributed by atoms with Crippen molar-refractivity contribution >= 4 is 23.7 Å². The third-order valence-electron chi connectivity index (χ3n) is 3.55. The molecule has 3 amide bonds. The number of rotatable bonds is 10. The second-order valence-electron chi connectivity index (χ2n) is 5.80. The van der Waals surface area contributed by atoms with Crippen LogP contribution in [0.15, 0.2) is 42.5 Å². The highest BCUT2D eigenvalue weighted by molar-refractivity contribution is 5.91. The molecule has 0 bridgehead atoms. The highest BCUT2D eigenvalue weighted by Gasteiger charge is 2.24. The van der Waals surface area contributed by atoms with Crippen LogP contribution in [0, 0.1) is 0 Å². The normalized spacial score (nSPS) is 12.8. The standard InChI is InChI=1S/C19H25N3O5/c1-3-27-17(24)11-7-10-15(18(20)25)22-19(26)16(21-13(2)23)12-14-8-5-4-6-9-14/h4-9,11,15-16H,3,10,12H2,1-2H3,(H2,20,25)(H,21,23)(H,22,26)/b11-7+/t15-,16-/m1/s1. The highest BCUT2D eigenvalue weighted by Crippen LogP contribution is 2.05. The number of nitrogens with one attached hydrogen (secondary N) is 2. The Morgan fingerprint density at radius 3 is 2.33 bits per heavy atom. The van der Waals surface area contributed by atoms with E-state index in [4.69, 9.17) is 10.5 Å². The second kappa shape index (κ2) is 11.5. The molecule has 1 aromatic carbocycles. The van der Waals surface area contributed by atoms with Crippen molar-refractivity contribution < 1.29 is 23.9 Å². The van der Waals surface area contributed by atoms with Gasteiger partial charge in [0, 0.05) is 19.4 Å². The third kappa shape index (κ3) is 8.66. The highest BCUT2D eigenvalue weighted by atomic mass is 16.5. The molecule has 2 atom stereocenters. The molecule has 146 valence electrons. The van der Waals surface area contributed by atoms with Crippen LogP contribution in [0.25, 0.3) is 0 Å². The zero-order chi connectivity index (χ0) is 20.2. The summed E-state index contributed by atoms with van der Waals surface area (Å²) < 4.78 is 4.74. The van der Waals surface area contributed by atoms with Crippen LogP contribution >= 0.6 is 0 Å². The summed E-state index contributed by atoms with van der Waals surface area (Å²) in [5.74, 6) is -2.21. The van der Waals surface area contributed by atoms with Crippen molar-refractivity contribution in [3.63, 3.8) is 0 Å². The number of hydrogen-bond acceptors (Lipinski definition) is 5. The number of hydrogen-bond donors (Lipinski definition) is 3. The first-order chi connectivity index (χ1) is 12.8. The van der Waals surface area contributed by atoms with Crippen LogP contribution in [-0.4, -0.2) is 42.4 Å². The van der Waals surface area contributed by atoms with Crippen LogP contribution in [0.1, 0.15) is 25.8 Å². The van der Waals surface area contributed by atoms with Gasteiger partial charge in [-0.05, 0) is 18.9 Å². The second-order valence-corrected chi connectivity index (χ2v) is 5.80. The van der Waals surface area contributed by atoms with E-state index in [2.05, 4.69) is 10.6 Å². The first-order valence-corrected chi connectivity index (χ1v) is 8.57. The molecule has 0 fully saturated rings. The van der Waals surface area contributed by atoms with Gasteiger partial charge in [-0.3, -0.25) is 14.4 Å². The molecule has 0 radical (unpaired) electrons. The van der Waals surface area contributed by atoms with Gasteiger partial charge in [-0.25, -0.2) is 4.79 Å². The van der Waals surface area contributed by atoms with Crippen molar-refractivity contribution in [2.75, 3.05) is 6.61 Å². The molecule has 8 nitrogen and oxygen atoms in total. The van der Waals surface area contributed by atoms with E-state index in [0.29, 0.717) is 0 Å². The van der Waals surface area contributed by atoms with Crippen LogP contribution in [0.4, 0.5) is 0 Å². The predicted molar refractivity (Wildman–Crippen MR) is 99.3 cm³/mol. The molecule has 0 heterocycles. The van der Waals surface area contributed by atoms with Gasteiger partial charge in [-0.15, -0.1) is 0 Å². The lowest BCUT2D eigenvalue weighted by Gasteiger charge is -2.21. The Morgan fingerprint density at radius 2 is 1.78 bits per heavy atom. The fourth-order valence-corrected chi connectivity index (χ4v) is 2.31. The molecule has 0 aliphatic heterocycles. The summed E-state index contributed by atoms with van der Waals surface area (Å²) in [6.45, 7) is 3.21. The minimum atomic E-state index is -1.02. The largest absolute Gasteiger partial charge is 0.463 e. The van der Waals surface area contributed by atoms with E-state index in [1.807, 2.05) is 30.3 Å². The monoisotopic (exact) mass is 375 g/mol. The Bertz CT molecular complexity index is 688. The quantitative estimate of drug-likeness (QED) is 0.398.